The number of anilines is 1. The summed E-state index contributed by atoms with van der Waals surface area (Å²) < 4.78 is 5.96. The Bertz CT molecular complexity index is 446. The first kappa shape index (κ1) is 12.0. The van der Waals surface area contributed by atoms with Crippen LogP contribution in [0.15, 0.2) is 18.2 Å². The Labute approximate surface area is 102 Å². The lowest BCUT2D eigenvalue weighted by Gasteiger charge is -2.36. The van der Waals surface area contributed by atoms with Crippen LogP contribution in [0.25, 0.3) is 0 Å². The third-order valence-corrected chi connectivity index (χ3v) is 3.10. The zero-order chi connectivity index (χ0) is 12.6. The lowest BCUT2D eigenvalue weighted by molar-refractivity contribution is 0.0920. The van der Waals surface area contributed by atoms with Gasteiger partial charge in [-0.3, -0.25) is 4.79 Å². The molecule has 1 N–H and O–H groups in total. The van der Waals surface area contributed by atoms with Gasteiger partial charge in [0.2, 0.25) is 0 Å². The van der Waals surface area contributed by atoms with Gasteiger partial charge < -0.3 is 10.1 Å². The van der Waals surface area contributed by atoms with Crippen LogP contribution in [-0.4, -0.2) is 18.4 Å². The first-order valence-corrected chi connectivity index (χ1v) is 5.93. The number of benzene rings is 1. The molecule has 0 amide bonds. The summed E-state index contributed by atoms with van der Waals surface area (Å²) in [6.45, 7) is 8.83. The van der Waals surface area contributed by atoms with Gasteiger partial charge >= 0.3 is 0 Å². The quantitative estimate of drug-likeness (QED) is 0.757. The maximum absolute atomic E-state index is 11.3. The van der Waals surface area contributed by atoms with Gasteiger partial charge in [0.05, 0.1) is 12.2 Å². The Balaban J connectivity index is 2.26. The van der Waals surface area contributed by atoms with Gasteiger partial charge in [-0.2, -0.15) is 0 Å². The van der Waals surface area contributed by atoms with Crippen molar-refractivity contribution in [1.82, 2.24) is 0 Å². The fourth-order valence-corrected chi connectivity index (χ4v) is 1.87. The minimum Gasteiger partial charge on any atom is -0.486 e. The van der Waals surface area contributed by atoms with Gasteiger partial charge in [0.15, 0.2) is 5.78 Å². The highest BCUT2D eigenvalue weighted by Gasteiger charge is 2.30. The zero-order valence-electron chi connectivity index (χ0n) is 10.8. The smallest absolute Gasteiger partial charge is 0.159 e. The van der Waals surface area contributed by atoms with Crippen molar-refractivity contribution in [2.45, 2.75) is 33.8 Å². The van der Waals surface area contributed by atoms with E-state index in [9.17, 15) is 4.79 Å². The molecule has 1 atom stereocenters. The summed E-state index contributed by atoms with van der Waals surface area (Å²) in [7, 11) is 0. The molecule has 1 aliphatic heterocycles. The molecule has 0 aromatic heterocycles. The average molecular weight is 233 g/mol. The van der Waals surface area contributed by atoms with Crippen molar-refractivity contribution in [3.8, 4) is 5.75 Å². The standard InChI is InChI=1S/C14H19NO2/c1-9(16)10-5-6-12-11(7-10)15-8-13(17-12)14(2,3)4/h5-7,13,15H,8H2,1-4H3. The van der Waals surface area contributed by atoms with Crippen molar-refractivity contribution < 1.29 is 9.53 Å². The summed E-state index contributed by atoms with van der Waals surface area (Å²) >= 11 is 0. The van der Waals surface area contributed by atoms with E-state index in [4.69, 9.17) is 4.74 Å². The van der Waals surface area contributed by atoms with Gasteiger partial charge in [-0.05, 0) is 25.1 Å². The molecule has 0 aliphatic carbocycles. The highest BCUT2D eigenvalue weighted by Crippen LogP contribution is 2.34. The number of Topliss-reactive ketones (excluding diaryl/α,β-unsaturated/α-hetero) is 1. The van der Waals surface area contributed by atoms with Gasteiger partial charge in [-0.15, -0.1) is 0 Å². The summed E-state index contributed by atoms with van der Waals surface area (Å²) in [5.41, 5.74) is 1.73. The van der Waals surface area contributed by atoms with Crippen molar-refractivity contribution in [2.24, 2.45) is 5.41 Å². The second kappa shape index (κ2) is 4.06. The molecule has 2 rings (SSSR count). The second-order valence-electron chi connectivity index (χ2n) is 5.62. The van der Waals surface area contributed by atoms with Crippen LogP contribution in [0.5, 0.6) is 5.75 Å². The van der Waals surface area contributed by atoms with Crippen LogP contribution in [0.3, 0.4) is 0 Å². The molecule has 1 unspecified atom stereocenters. The number of hydrogen-bond donors (Lipinski definition) is 1. The number of ketones is 1. The second-order valence-corrected chi connectivity index (χ2v) is 5.62. The topological polar surface area (TPSA) is 38.3 Å². The summed E-state index contributed by atoms with van der Waals surface area (Å²) in [6.07, 6.45) is 0.151. The Morgan fingerprint density at radius 2 is 2.12 bits per heavy atom. The van der Waals surface area contributed by atoms with Crippen molar-refractivity contribution in [1.29, 1.82) is 0 Å². The molecular weight excluding hydrogens is 214 g/mol. The van der Waals surface area contributed by atoms with E-state index < -0.39 is 0 Å². The van der Waals surface area contributed by atoms with Crippen LogP contribution in [0.1, 0.15) is 38.1 Å². The number of hydrogen-bond acceptors (Lipinski definition) is 3. The molecule has 0 radical (unpaired) electrons. The molecule has 0 bridgehead atoms. The predicted molar refractivity (Wildman–Crippen MR) is 68.8 cm³/mol. The van der Waals surface area contributed by atoms with Gasteiger partial charge in [0, 0.05) is 11.0 Å². The van der Waals surface area contributed by atoms with E-state index in [0.29, 0.717) is 5.56 Å². The number of nitrogens with one attached hydrogen (secondary N) is 1. The molecule has 0 saturated heterocycles. The highest BCUT2D eigenvalue weighted by molar-refractivity contribution is 5.95. The molecule has 0 spiro atoms. The number of fused-ring (bicyclic) bond motifs is 1. The van der Waals surface area contributed by atoms with Gasteiger partial charge in [-0.1, -0.05) is 20.8 Å². The molecule has 1 aromatic rings. The lowest BCUT2D eigenvalue weighted by Crippen LogP contribution is -2.41. The molecule has 1 aliphatic rings. The number of rotatable bonds is 1. The van der Waals surface area contributed by atoms with Crippen molar-refractivity contribution in [3.05, 3.63) is 23.8 Å². The molecule has 1 aromatic carbocycles. The fourth-order valence-electron chi connectivity index (χ4n) is 1.87. The zero-order valence-corrected chi connectivity index (χ0v) is 10.8. The van der Waals surface area contributed by atoms with Crippen LogP contribution in [0.2, 0.25) is 0 Å². The van der Waals surface area contributed by atoms with E-state index in [-0.39, 0.29) is 17.3 Å². The van der Waals surface area contributed by atoms with Crippen molar-refractivity contribution in [3.63, 3.8) is 0 Å². The van der Waals surface area contributed by atoms with Crippen LogP contribution in [0, 0.1) is 5.41 Å². The van der Waals surface area contributed by atoms with E-state index in [1.165, 1.54) is 0 Å². The van der Waals surface area contributed by atoms with Crippen molar-refractivity contribution in [2.75, 3.05) is 11.9 Å². The molecule has 1 heterocycles. The minimum atomic E-state index is 0.0764. The van der Waals surface area contributed by atoms with Gasteiger partial charge in [-0.25, -0.2) is 0 Å². The third kappa shape index (κ3) is 2.43. The predicted octanol–water partition coefficient (Wildman–Crippen LogP) is 3.11. The number of carbonyl (C=O) groups is 1. The Morgan fingerprint density at radius 1 is 1.41 bits per heavy atom. The first-order valence-electron chi connectivity index (χ1n) is 5.93. The molecule has 0 saturated carbocycles. The molecule has 3 heteroatoms. The molecule has 92 valence electrons. The third-order valence-electron chi connectivity index (χ3n) is 3.10. The Hall–Kier alpha value is -1.51. The average Bonchev–Trinajstić information content (AvgIpc) is 2.26. The molecular formula is C14H19NO2. The SMILES string of the molecule is CC(=O)c1ccc2c(c1)NCC(C(C)(C)C)O2. The Morgan fingerprint density at radius 3 is 2.71 bits per heavy atom. The Kier molecular flexibility index (Phi) is 2.86. The van der Waals surface area contributed by atoms with Crippen LogP contribution in [0.4, 0.5) is 5.69 Å². The summed E-state index contributed by atoms with van der Waals surface area (Å²) in [4.78, 5) is 11.3. The molecule has 17 heavy (non-hydrogen) atoms. The van der Waals surface area contributed by atoms with E-state index in [2.05, 4.69) is 26.1 Å². The largest absolute Gasteiger partial charge is 0.486 e. The normalized spacial score (nSPS) is 18.9. The van der Waals surface area contributed by atoms with Crippen molar-refractivity contribution >= 4 is 11.5 Å². The first-order chi connectivity index (χ1) is 7.88. The van der Waals surface area contributed by atoms with Gasteiger partial charge in [0.1, 0.15) is 11.9 Å². The van der Waals surface area contributed by atoms with E-state index in [1.807, 2.05) is 18.2 Å². The summed E-state index contributed by atoms with van der Waals surface area (Å²) in [5, 5.41) is 3.34. The van der Waals surface area contributed by atoms with Crippen LogP contribution in [-0.2, 0) is 0 Å². The van der Waals surface area contributed by atoms with E-state index >= 15 is 0 Å². The minimum absolute atomic E-state index is 0.0764. The highest BCUT2D eigenvalue weighted by atomic mass is 16.5. The fraction of sp³-hybridized carbons (Fsp3) is 0.500. The maximum Gasteiger partial charge on any atom is 0.159 e. The van der Waals surface area contributed by atoms with Crippen LogP contribution >= 0.6 is 0 Å². The molecule has 0 fully saturated rings. The number of carbonyl (C=O) groups excluding carboxylic acids is 1. The number of ether oxygens (including phenoxy) is 1. The molecule has 3 nitrogen and oxygen atoms in total. The van der Waals surface area contributed by atoms with E-state index in [0.717, 1.165) is 18.0 Å². The monoisotopic (exact) mass is 233 g/mol. The lowest BCUT2D eigenvalue weighted by atomic mass is 9.88. The summed E-state index contributed by atoms with van der Waals surface area (Å²) in [5.74, 6) is 0.911. The van der Waals surface area contributed by atoms with E-state index in [1.54, 1.807) is 6.92 Å². The van der Waals surface area contributed by atoms with Crippen LogP contribution < -0.4 is 10.1 Å². The van der Waals surface area contributed by atoms with Gasteiger partial charge in [0.25, 0.3) is 0 Å². The summed E-state index contributed by atoms with van der Waals surface area (Å²) in [6, 6.07) is 5.54. The maximum atomic E-state index is 11.3.